The Morgan fingerprint density at radius 3 is 2.48 bits per heavy atom. The van der Waals surface area contributed by atoms with E-state index in [1.807, 2.05) is 11.6 Å². The molecule has 1 saturated heterocycles. The Morgan fingerprint density at radius 2 is 2.00 bits per heavy atom. The highest BCUT2D eigenvalue weighted by molar-refractivity contribution is 9.10. The van der Waals surface area contributed by atoms with Gasteiger partial charge in [-0.2, -0.15) is 5.10 Å². The number of aryl methyl sites for hydroxylation is 2. The van der Waals surface area contributed by atoms with Crippen molar-refractivity contribution in [2.24, 2.45) is 5.41 Å². The van der Waals surface area contributed by atoms with Gasteiger partial charge in [0.2, 0.25) is 0 Å². The summed E-state index contributed by atoms with van der Waals surface area (Å²) in [5.74, 6) is -0.671. The summed E-state index contributed by atoms with van der Waals surface area (Å²) in [5, 5.41) is 13.9. The molecule has 0 aromatic carbocycles. The Bertz CT molecular complexity index is 519. The summed E-state index contributed by atoms with van der Waals surface area (Å²) < 4.78 is 3.16. The molecule has 2 rings (SSSR count). The highest BCUT2D eigenvalue weighted by Gasteiger charge is 2.37. The van der Waals surface area contributed by atoms with Gasteiger partial charge in [-0.25, -0.2) is 0 Å². The monoisotopic (exact) mass is 357 g/mol. The van der Waals surface area contributed by atoms with Crippen molar-refractivity contribution < 1.29 is 9.90 Å². The molecule has 0 atom stereocenters. The summed E-state index contributed by atoms with van der Waals surface area (Å²) in [6.45, 7) is 9.40. The van der Waals surface area contributed by atoms with Crippen LogP contribution in [0.5, 0.6) is 0 Å². The summed E-state index contributed by atoms with van der Waals surface area (Å²) in [5.41, 5.74) is 1.74. The predicted octanol–water partition coefficient (Wildman–Crippen LogP) is 2.91. The lowest BCUT2D eigenvalue weighted by Crippen LogP contribution is -2.42. The number of likely N-dealkylation sites (tertiary alicyclic amines) is 1. The Hall–Kier alpha value is -0.880. The number of piperidine rings is 1. The van der Waals surface area contributed by atoms with Gasteiger partial charge in [-0.3, -0.25) is 14.4 Å². The third-order valence-electron chi connectivity index (χ3n) is 4.54. The number of nitrogens with zero attached hydrogens (tertiary/aromatic N) is 3. The molecule has 0 radical (unpaired) electrons. The normalized spacial score (nSPS) is 18.9. The number of hydrogen-bond acceptors (Lipinski definition) is 3. The van der Waals surface area contributed by atoms with Crippen LogP contribution in [0.1, 0.15) is 45.0 Å². The molecule has 0 amide bonds. The average molecular weight is 358 g/mol. The second-order valence-corrected chi connectivity index (χ2v) is 6.81. The molecule has 1 aliphatic rings. The number of carbonyl (C=O) groups is 1. The standard InChI is InChI=1S/C15H24BrN3O2/c1-4-11-13(16)12(19(5-2)17-11)10-18-8-6-15(3,7-9-18)14(20)21/h4-10H2,1-3H3,(H,20,21). The lowest BCUT2D eigenvalue weighted by molar-refractivity contribution is -0.150. The van der Waals surface area contributed by atoms with Crippen molar-refractivity contribution in [1.29, 1.82) is 0 Å². The third-order valence-corrected chi connectivity index (χ3v) is 5.46. The molecule has 1 fully saturated rings. The van der Waals surface area contributed by atoms with E-state index in [9.17, 15) is 9.90 Å². The van der Waals surface area contributed by atoms with Crippen molar-refractivity contribution >= 4 is 21.9 Å². The number of halogens is 1. The number of rotatable bonds is 5. The first-order valence-corrected chi connectivity index (χ1v) is 8.40. The molecule has 2 heterocycles. The molecule has 0 spiro atoms. The second kappa shape index (κ2) is 6.48. The van der Waals surface area contributed by atoms with Crippen molar-refractivity contribution in [2.75, 3.05) is 13.1 Å². The van der Waals surface area contributed by atoms with E-state index in [0.29, 0.717) is 12.8 Å². The first-order valence-electron chi connectivity index (χ1n) is 7.61. The van der Waals surface area contributed by atoms with Crippen molar-refractivity contribution in [3.05, 3.63) is 15.9 Å². The fourth-order valence-corrected chi connectivity index (χ4v) is 3.49. The largest absolute Gasteiger partial charge is 0.481 e. The molecule has 5 nitrogen and oxygen atoms in total. The van der Waals surface area contributed by atoms with E-state index >= 15 is 0 Å². The van der Waals surface area contributed by atoms with Gasteiger partial charge in [-0.05, 0) is 62.1 Å². The Balaban J connectivity index is 2.07. The minimum atomic E-state index is -0.671. The van der Waals surface area contributed by atoms with Crippen LogP contribution in [-0.2, 0) is 24.3 Å². The molecule has 1 N–H and O–H groups in total. The van der Waals surface area contributed by atoms with Gasteiger partial charge >= 0.3 is 5.97 Å². The number of aromatic nitrogens is 2. The van der Waals surface area contributed by atoms with Crippen LogP contribution in [0.4, 0.5) is 0 Å². The number of carboxylic acid groups (broad SMARTS) is 1. The van der Waals surface area contributed by atoms with Gasteiger partial charge in [0.1, 0.15) is 0 Å². The Labute approximate surface area is 134 Å². The molecule has 0 unspecified atom stereocenters. The van der Waals surface area contributed by atoms with Crippen LogP contribution in [0.25, 0.3) is 0 Å². The average Bonchev–Trinajstić information content (AvgIpc) is 2.77. The SMILES string of the molecule is CCc1nn(CC)c(CN2CCC(C)(C(=O)O)CC2)c1Br. The Kier molecular flexibility index (Phi) is 5.09. The van der Waals surface area contributed by atoms with Crippen LogP contribution >= 0.6 is 15.9 Å². The molecule has 1 aromatic rings. The van der Waals surface area contributed by atoms with Crippen LogP contribution < -0.4 is 0 Å². The molecule has 6 heteroatoms. The molecular formula is C15H24BrN3O2. The van der Waals surface area contributed by atoms with Gasteiger partial charge in [0.15, 0.2) is 0 Å². The van der Waals surface area contributed by atoms with E-state index in [0.717, 1.165) is 42.8 Å². The number of aliphatic carboxylic acids is 1. The van der Waals surface area contributed by atoms with Gasteiger partial charge in [-0.15, -0.1) is 0 Å². The zero-order chi connectivity index (χ0) is 15.6. The smallest absolute Gasteiger partial charge is 0.309 e. The van der Waals surface area contributed by atoms with Crippen molar-refractivity contribution in [3.8, 4) is 0 Å². The van der Waals surface area contributed by atoms with Gasteiger partial charge in [0, 0.05) is 13.1 Å². The minimum absolute atomic E-state index is 0.562. The van der Waals surface area contributed by atoms with E-state index in [1.54, 1.807) is 0 Å². The van der Waals surface area contributed by atoms with Gasteiger partial charge in [0.25, 0.3) is 0 Å². The number of carboxylic acids is 1. The molecule has 0 bridgehead atoms. The highest BCUT2D eigenvalue weighted by Crippen LogP contribution is 2.32. The van der Waals surface area contributed by atoms with E-state index in [-0.39, 0.29) is 0 Å². The van der Waals surface area contributed by atoms with Gasteiger partial charge in [0.05, 0.1) is 21.3 Å². The topological polar surface area (TPSA) is 58.4 Å². The first kappa shape index (κ1) is 16.5. The van der Waals surface area contributed by atoms with E-state index in [2.05, 4.69) is 39.8 Å². The quantitative estimate of drug-likeness (QED) is 0.879. The summed E-state index contributed by atoms with van der Waals surface area (Å²) in [4.78, 5) is 13.6. The van der Waals surface area contributed by atoms with Crippen molar-refractivity contribution in [1.82, 2.24) is 14.7 Å². The molecule has 0 saturated carbocycles. The van der Waals surface area contributed by atoms with Gasteiger partial charge < -0.3 is 5.11 Å². The third kappa shape index (κ3) is 3.31. The molecule has 1 aromatic heterocycles. The fraction of sp³-hybridized carbons (Fsp3) is 0.733. The predicted molar refractivity (Wildman–Crippen MR) is 85.2 cm³/mol. The highest BCUT2D eigenvalue weighted by atomic mass is 79.9. The lowest BCUT2D eigenvalue weighted by atomic mass is 9.80. The van der Waals surface area contributed by atoms with Crippen molar-refractivity contribution in [3.63, 3.8) is 0 Å². The maximum atomic E-state index is 11.3. The van der Waals surface area contributed by atoms with E-state index in [1.165, 1.54) is 5.69 Å². The summed E-state index contributed by atoms with van der Waals surface area (Å²) in [6.07, 6.45) is 2.33. The van der Waals surface area contributed by atoms with Crippen LogP contribution in [-0.4, -0.2) is 38.8 Å². The van der Waals surface area contributed by atoms with Crippen LogP contribution in [0.15, 0.2) is 4.47 Å². The Morgan fingerprint density at radius 1 is 1.38 bits per heavy atom. The van der Waals surface area contributed by atoms with Crippen LogP contribution in [0, 0.1) is 5.41 Å². The van der Waals surface area contributed by atoms with Crippen LogP contribution in [0.2, 0.25) is 0 Å². The van der Waals surface area contributed by atoms with Crippen molar-refractivity contribution in [2.45, 2.75) is 53.1 Å². The van der Waals surface area contributed by atoms with E-state index < -0.39 is 11.4 Å². The zero-order valence-electron chi connectivity index (χ0n) is 13.0. The minimum Gasteiger partial charge on any atom is -0.481 e. The molecule has 1 aliphatic heterocycles. The lowest BCUT2D eigenvalue weighted by Gasteiger charge is -2.36. The molecule has 118 valence electrons. The van der Waals surface area contributed by atoms with E-state index in [4.69, 9.17) is 0 Å². The van der Waals surface area contributed by atoms with Crippen LogP contribution in [0.3, 0.4) is 0 Å². The van der Waals surface area contributed by atoms with Gasteiger partial charge in [-0.1, -0.05) is 6.92 Å². The maximum absolute atomic E-state index is 11.3. The molecular weight excluding hydrogens is 334 g/mol. The summed E-state index contributed by atoms with van der Waals surface area (Å²) in [7, 11) is 0. The number of hydrogen-bond donors (Lipinski definition) is 1. The molecule has 0 aliphatic carbocycles. The maximum Gasteiger partial charge on any atom is 0.309 e. The fourth-order valence-electron chi connectivity index (χ4n) is 2.80. The summed E-state index contributed by atoms with van der Waals surface area (Å²) >= 11 is 3.67. The molecule has 21 heavy (non-hydrogen) atoms. The first-order chi connectivity index (χ1) is 9.91. The zero-order valence-corrected chi connectivity index (χ0v) is 14.6. The summed E-state index contributed by atoms with van der Waals surface area (Å²) in [6, 6.07) is 0. The second-order valence-electron chi connectivity index (χ2n) is 6.02.